The van der Waals surface area contributed by atoms with Gasteiger partial charge >= 0.3 is 0 Å². The summed E-state index contributed by atoms with van der Waals surface area (Å²) in [6, 6.07) is 16.5. The molecule has 1 aliphatic heterocycles. The number of hydrogen-bond donors (Lipinski definition) is 4. The van der Waals surface area contributed by atoms with Gasteiger partial charge in [-0.25, -0.2) is 15.0 Å². The summed E-state index contributed by atoms with van der Waals surface area (Å²) >= 11 is 0. The van der Waals surface area contributed by atoms with Gasteiger partial charge in [0.1, 0.15) is 5.75 Å². The Balaban J connectivity index is 1.31. The minimum absolute atomic E-state index is 0.0578. The minimum Gasteiger partial charge on any atom is -0.437 e. The number of ether oxygens (including phenoxy) is 1. The van der Waals surface area contributed by atoms with Crippen molar-refractivity contribution in [2.24, 2.45) is 0 Å². The van der Waals surface area contributed by atoms with Crippen LogP contribution in [0.3, 0.4) is 0 Å². The van der Waals surface area contributed by atoms with Crippen LogP contribution in [-0.2, 0) is 0 Å². The maximum atomic E-state index is 10.5. The van der Waals surface area contributed by atoms with E-state index in [0.29, 0.717) is 17.9 Å². The van der Waals surface area contributed by atoms with Crippen molar-refractivity contribution in [2.75, 3.05) is 23.7 Å². The van der Waals surface area contributed by atoms with Crippen molar-refractivity contribution < 1.29 is 9.84 Å². The normalized spacial score (nSPS) is 21.4. The van der Waals surface area contributed by atoms with Crippen molar-refractivity contribution in [3.05, 3.63) is 66.5 Å². The lowest BCUT2D eigenvalue weighted by atomic mass is 9.92. The maximum absolute atomic E-state index is 10.5. The molecule has 0 spiro atoms. The van der Waals surface area contributed by atoms with Crippen molar-refractivity contribution >= 4 is 22.4 Å². The summed E-state index contributed by atoms with van der Waals surface area (Å²) in [4.78, 5) is 13.9. The maximum Gasteiger partial charge on any atom is 0.228 e. The average Bonchev–Trinajstić information content (AvgIpc) is 2.97. The van der Waals surface area contributed by atoms with Crippen molar-refractivity contribution in [1.82, 2.24) is 20.3 Å². The average molecular weight is 525 g/mol. The number of rotatable bonds is 7. The Bertz CT molecular complexity index is 1440. The van der Waals surface area contributed by atoms with Crippen LogP contribution in [0, 0.1) is 6.92 Å². The molecule has 8 heteroatoms. The number of fused-ring (bicyclic) bond motifs is 1. The first kappa shape index (κ1) is 25.5. The molecule has 6 rings (SSSR count). The van der Waals surface area contributed by atoms with E-state index in [9.17, 15) is 5.11 Å². The van der Waals surface area contributed by atoms with Gasteiger partial charge in [-0.2, -0.15) is 0 Å². The molecule has 0 amide bonds. The second-order valence-electron chi connectivity index (χ2n) is 10.6. The van der Waals surface area contributed by atoms with Crippen LogP contribution in [0.4, 0.5) is 11.6 Å². The number of hydrogen-bond acceptors (Lipinski definition) is 8. The molecule has 8 nitrogen and oxygen atoms in total. The second kappa shape index (κ2) is 11.6. The summed E-state index contributed by atoms with van der Waals surface area (Å²) < 4.78 is 6.58. The number of aryl methyl sites for hydroxylation is 1. The predicted molar refractivity (Wildman–Crippen MR) is 155 cm³/mol. The number of aromatic nitrogens is 3. The van der Waals surface area contributed by atoms with E-state index >= 15 is 0 Å². The molecule has 1 saturated carbocycles. The largest absolute Gasteiger partial charge is 0.437 e. The molecule has 4 aromatic rings. The first-order chi connectivity index (χ1) is 19.2. The molecule has 2 aliphatic rings. The summed E-state index contributed by atoms with van der Waals surface area (Å²) in [5, 5.41) is 23.1. The lowest BCUT2D eigenvalue weighted by Gasteiger charge is -2.29. The van der Waals surface area contributed by atoms with Gasteiger partial charge in [-0.05, 0) is 69.0 Å². The molecule has 2 fully saturated rings. The second-order valence-corrected chi connectivity index (χ2v) is 10.6. The molecule has 2 aromatic heterocycles. The molecule has 2 aromatic carbocycles. The molecule has 3 atom stereocenters. The van der Waals surface area contributed by atoms with E-state index in [2.05, 4.69) is 50.2 Å². The van der Waals surface area contributed by atoms with Gasteiger partial charge in [0.2, 0.25) is 11.8 Å². The van der Waals surface area contributed by atoms with Crippen molar-refractivity contribution in [3.8, 4) is 22.9 Å². The van der Waals surface area contributed by atoms with Crippen LogP contribution >= 0.6 is 0 Å². The summed E-state index contributed by atoms with van der Waals surface area (Å²) in [5.41, 5.74) is 3.59. The fraction of sp³-hybridized carbons (Fsp3) is 0.387. The SMILES string of the molecule is Cc1ccc2c(NC3CCCCC3O)cccc2c1Oc1ncccc1-c1ccnc(NC2CCCNC2)n1. The van der Waals surface area contributed by atoms with Gasteiger partial charge < -0.3 is 25.8 Å². The number of piperidine rings is 1. The highest BCUT2D eigenvalue weighted by atomic mass is 16.5. The molecule has 202 valence electrons. The molecule has 3 unspecified atom stereocenters. The molecule has 3 heterocycles. The smallest absolute Gasteiger partial charge is 0.228 e. The van der Waals surface area contributed by atoms with E-state index in [1.165, 1.54) is 0 Å². The Hall–Kier alpha value is -3.75. The van der Waals surface area contributed by atoms with Gasteiger partial charge in [0.05, 0.1) is 23.4 Å². The fourth-order valence-electron chi connectivity index (χ4n) is 5.68. The summed E-state index contributed by atoms with van der Waals surface area (Å²) in [6.07, 6.45) is 9.46. The highest BCUT2D eigenvalue weighted by molar-refractivity contribution is 5.98. The monoisotopic (exact) mass is 524 g/mol. The topological polar surface area (TPSA) is 104 Å². The van der Waals surface area contributed by atoms with Crippen molar-refractivity contribution in [1.29, 1.82) is 0 Å². The molecule has 1 aliphatic carbocycles. The zero-order chi connectivity index (χ0) is 26.6. The van der Waals surface area contributed by atoms with Gasteiger partial charge in [-0.3, -0.25) is 0 Å². The van der Waals surface area contributed by atoms with Crippen LogP contribution in [0.5, 0.6) is 11.6 Å². The number of nitrogens with one attached hydrogen (secondary N) is 3. The molecule has 0 bridgehead atoms. The van der Waals surface area contributed by atoms with E-state index in [1.54, 1.807) is 12.4 Å². The minimum atomic E-state index is -0.326. The molecule has 4 N–H and O–H groups in total. The van der Waals surface area contributed by atoms with Gasteiger partial charge in [-0.15, -0.1) is 0 Å². The predicted octanol–water partition coefficient (Wildman–Crippen LogP) is 5.67. The quantitative estimate of drug-likeness (QED) is 0.245. The lowest BCUT2D eigenvalue weighted by molar-refractivity contribution is 0.116. The van der Waals surface area contributed by atoms with Crippen LogP contribution < -0.4 is 20.7 Å². The Morgan fingerprint density at radius 1 is 0.897 bits per heavy atom. The molecule has 1 saturated heterocycles. The highest BCUT2D eigenvalue weighted by Gasteiger charge is 2.24. The van der Waals surface area contributed by atoms with Crippen molar-refractivity contribution in [2.45, 2.75) is 63.6 Å². The van der Waals surface area contributed by atoms with Crippen LogP contribution in [0.2, 0.25) is 0 Å². The van der Waals surface area contributed by atoms with E-state index in [0.717, 1.165) is 90.6 Å². The van der Waals surface area contributed by atoms with E-state index < -0.39 is 0 Å². The van der Waals surface area contributed by atoms with Crippen LogP contribution in [0.15, 0.2) is 60.9 Å². The Morgan fingerprint density at radius 3 is 2.69 bits per heavy atom. The van der Waals surface area contributed by atoms with E-state index in [1.807, 2.05) is 31.2 Å². The number of benzene rings is 2. The van der Waals surface area contributed by atoms with Gasteiger partial charge in [0.15, 0.2) is 0 Å². The first-order valence-corrected chi connectivity index (χ1v) is 14.1. The lowest BCUT2D eigenvalue weighted by Crippen LogP contribution is -2.38. The Labute approximate surface area is 229 Å². The third-order valence-electron chi connectivity index (χ3n) is 7.81. The summed E-state index contributed by atoms with van der Waals surface area (Å²) in [6.45, 7) is 4.02. The number of anilines is 2. The third kappa shape index (κ3) is 5.67. The van der Waals surface area contributed by atoms with Crippen LogP contribution in [0.25, 0.3) is 22.0 Å². The fourth-order valence-corrected chi connectivity index (χ4v) is 5.68. The Kier molecular flexibility index (Phi) is 7.56. The van der Waals surface area contributed by atoms with Crippen LogP contribution in [0.1, 0.15) is 44.1 Å². The zero-order valence-electron chi connectivity index (χ0n) is 22.4. The number of aliphatic hydroxyl groups excluding tert-OH is 1. The van der Waals surface area contributed by atoms with E-state index in [-0.39, 0.29) is 12.1 Å². The number of aliphatic hydroxyl groups is 1. The summed E-state index contributed by atoms with van der Waals surface area (Å²) in [7, 11) is 0. The molecular formula is C31H36N6O2. The van der Waals surface area contributed by atoms with Crippen LogP contribution in [-0.4, -0.2) is 51.3 Å². The molecule has 39 heavy (non-hydrogen) atoms. The van der Waals surface area contributed by atoms with E-state index in [4.69, 9.17) is 9.72 Å². The van der Waals surface area contributed by atoms with Gasteiger partial charge in [-0.1, -0.05) is 37.1 Å². The Morgan fingerprint density at radius 2 is 1.82 bits per heavy atom. The van der Waals surface area contributed by atoms with Gasteiger partial charge in [0.25, 0.3) is 0 Å². The number of nitrogens with zero attached hydrogens (tertiary/aromatic N) is 3. The highest BCUT2D eigenvalue weighted by Crippen LogP contribution is 2.39. The first-order valence-electron chi connectivity index (χ1n) is 14.1. The molecular weight excluding hydrogens is 488 g/mol. The third-order valence-corrected chi connectivity index (χ3v) is 7.81. The zero-order valence-corrected chi connectivity index (χ0v) is 22.4. The molecule has 0 radical (unpaired) electrons. The summed E-state index contributed by atoms with van der Waals surface area (Å²) in [5.74, 6) is 1.87. The van der Waals surface area contributed by atoms with Gasteiger partial charge in [0, 0.05) is 41.4 Å². The van der Waals surface area contributed by atoms with Crippen molar-refractivity contribution in [3.63, 3.8) is 0 Å². The number of pyridine rings is 1. The standard InChI is InChI=1S/C31H36N6O2/c1-20-13-14-22-23(8-4-11-25(22)36-27-10-2-3-12-28(27)38)29(20)39-30-24(9-6-17-33-30)26-15-18-34-31(37-26)35-21-7-5-16-32-19-21/h4,6,8-9,11,13-15,17-18,21,27-28,32,36,38H,2-3,5,7,10,12,16,19H2,1H3,(H,34,35,37).